The van der Waals surface area contributed by atoms with Gasteiger partial charge in [0.15, 0.2) is 0 Å². The molecule has 0 atom stereocenters. The average molecular weight is 468 g/mol. The van der Waals surface area contributed by atoms with E-state index in [1.54, 1.807) is 11.6 Å². The van der Waals surface area contributed by atoms with Crippen molar-refractivity contribution in [2.45, 2.75) is 57.7 Å². The summed E-state index contributed by atoms with van der Waals surface area (Å²) in [5, 5.41) is 24.1. The largest absolute Gasteiger partial charge is 0.479 e. The molecule has 1 fully saturated rings. The third-order valence-electron chi connectivity index (χ3n) is 6.00. The summed E-state index contributed by atoms with van der Waals surface area (Å²) < 4.78 is 13.1. The van der Waals surface area contributed by atoms with Gasteiger partial charge in [0.05, 0.1) is 32.1 Å². The van der Waals surface area contributed by atoms with Crippen molar-refractivity contribution in [3.05, 3.63) is 30.5 Å². The Morgan fingerprint density at radius 1 is 1.24 bits per heavy atom. The van der Waals surface area contributed by atoms with Gasteiger partial charge in [-0.25, -0.2) is 10.0 Å². The van der Waals surface area contributed by atoms with Gasteiger partial charge in [-0.3, -0.25) is 0 Å². The number of aromatic nitrogens is 3. The molecule has 0 amide bonds. The standard InChI is InChI=1S/C24H33N7O3/c1-15(2)26-21-14-16(4-9-20(21)29-25)19-10-11-31-22(19)23(33-3)28-24(30-31)27-17-5-7-18(8-6-17)34-13-12-32/h4,9-11,14-15,17-18,25-26,32H,5-8,12-13H2,1-3H3,(H,27,30). The second-order valence-corrected chi connectivity index (χ2v) is 8.82. The average Bonchev–Trinajstić information content (AvgIpc) is 3.27. The van der Waals surface area contributed by atoms with Gasteiger partial charge in [-0.1, -0.05) is 6.07 Å². The first-order chi connectivity index (χ1) is 16.5. The molecule has 1 saturated carbocycles. The number of nitrogens with zero attached hydrogens (tertiary/aromatic N) is 4. The van der Waals surface area contributed by atoms with Gasteiger partial charge in [0.2, 0.25) is 11.8 Å². The van der Waals surface area contributed by atoms with Gasteiger partial charge < -0.3 is 25.2 Å². The van der Waals surface area contributed by atoms with Crippen LogP contribution < -0.4 is 15.4 Å². The maximum Gasteiger partial charge on any atom is 0.244 e. The van der Waals surface area contributed by atoms with E-state index in [-0.39, 0.29) is 24.8 Å². The number of methoxy groups -OCH3 is 1. The number of aliphatic hydroxyl groups is 1. The lowest BCUT2D eigenvalue weighted by Crippen LogP contribution is -2.31. The van der Waals surface area contributed by atoms with Crippen LogP contribution in [0.1, 0.15) is 39.5 Å². The van der Waals surface area contributed by atoms with Crippen molar-refractivity contribution in [2.24, 2.45) is 5.11 Å². The van der Waals surface area contributed by atoms with Crippen molar-refractivity contribution < 1.29 is 14.6 Å². The quantitative estimate of drug-likeness (QED) is 0.320. The third-order valence-corrected chi connectivity index (χ3v) is 6.00. The zero-order valence-electron chi connectivity index (χ0n) is 19.9. The highest BCUT2D eigenvalue weighted by Crippen LogP contribution is 2.36. The molecule has 0 saturated heterocycles. The Balaban J connectivity index is 1.58. The van der Waals surface area contributed by atoms with Crippen LogP contribution in [0.2, 0.25) is 0 Å². The van der Waals surface area contributed by atoms with E-state index < -0.39 is 0 Å². The minimum Gasteiger partial charge on any atom is -0.479 e. The molecule has 10 heteroatoms. The van der Waals surface area contributed by atoms with E-state index in [0.29, 0.717) is 24.1 Å². The smallest absolute Gasteiger partial charge is 0.244 e. The van der Waals surface area contributed by atoms with Crippen LogP contribution in [0.25, 0.3) is 16.6 Å². The van der Waals surface area contributed by atoms with Crippen molar-refractivity contribution in [2.75, 3.05) is 31.0 Å². The van der Waals surface area contributed by atoms with E-state index in [1.807, 2.05) is 44.3 Å². The number of fused-ring (bicyclic) bond motifs is 1. The normalized spacial score (nSPS) is 18.3. The van der Waals surface area contributed by atoms with E-state index in [0.717, 1.165) is 48.0 Å². The van der Waals surface area contributed by atoms with Gasteiger partial charge in [-0.15, -0.1) is 5.10 Å². The summed E-state index contributed by atoms with van der Waals surface area (Å²) in [6.07, 6.45) is 5.90. The van der Waals surface area contributed by atoms with Crippen LogP contribution in [0, 0.1) is 5.53 Å². The van der Waals surface area contributed by atoms with Crippen LogP contribution in [-0.2, 0) is 4.74 Å². The highest BCUT2D eigenvalue weighted by atomic mass is 16.5. The molecule has 2 aromatic heterocycles. The minimum absolute atomic E-state index is 0.0595. The Morgan fingerprint density at radius 3 is 2.71 bits per heavy atom. The van der Waals surface area contributed by atoms with E-state index >= 15 is 0 Å². The van der Waals surface area contributed by atoms with E-state index in [9.17, 15) is 0 Å². The summed E-state index contributed by atoms with van der Waals surface area (Å²) in [5.41, 5.74) is 11.5. The van der Waals surface area contributed by atoms with Crippen LogP contribution in [-0.4, -0.2) is 58.2 Å². The Hall–Kier alpha value is -3.24. The van der Waals surface area contributed by atoms with Crippen LogP contribution in [0.3, 0.4) is 0 Å². The molecule has 3 aromatic rings. The fourth-order valence-electron chi connectivity index (χ4n) is 4.43. The lowest BCUT2D eigenvalue weighted by molar-refractivity contribution is 0.00718. The van der Waals surface area contributed by atoms with Crippen molar-refractivity contribution in [3.8, 4) is 17.0 Å². The fourth-order valence-corrected chi connectivity index (χ4v) is 4.43. The Morgan fingerprint density at radius 2 is 2.03 bits per heavy atom. The topological polar surface area (TPSA) is 129 Å². The molecule has 1 aliphatic carbocycles. The van der Waals surface area contributed by atoms with Crippen molar-refractivity contribution in [3.63, 3.8) is 0 Å². The SMILES string of the molecule is COc1nc(NC2CCC(OCCO)CC2)nn2ccc(-c3ccc(N=N)c(NC(C)C)c3)c12. The molecule has 0 bridgehead atoms. The van der Waals surface area contributed by atoms with Gasteiger partial charge in [0.25, 0.3) is 0 Å². The number of aliphatic hydroxyl groups excluding tert-OH is 1. The molecule has 34 heavy (non-hydrogen) atoms. The van der Waals surface area contributed by atoms with E-state index in [1.165, 1.54) is 0 Å². The van der Waals surface area contributed by atoms with E-state index in [2.05, 4.69) is 25.8 Å². The van der Waals surface area contributed by atoms with Crippen LogP contribution in [0.4, 0.5) is 17.3 Å². The molecular weight excluding hydrogens is 434 g/mol. The molecule has 1 aliphatic rings. The summed E-state index contributed by atoms with van der Waals surface area (Å²) in [6, 6.07) is 8.23. The number of benzene rings is 1. The summed E-state index contributed by atoms with van der Waals surface area (Å²) in [6.45, 7) is 4.55. The molecule has 182 valence electrons. The highest BCUT2D eigenvalue weighted by molar-refractivity contribution is 5.87. The van der Waals surface area contributed by atoms with Gasteiger partial charge in [0.1, 0.15) is 11.2 Å². The molecule has 10 nitrogen and oxygen atoms in total. The number of nitrogens with one attached hydrogen (secondary N) is 3. The number of anilines is 2. The van der Waals surface area contributed by atoms with Gasteiger partial charge in [-0.05, 0) is 63.3 Å². The highest BCUT2D eigenvalue weighted by Gasteiger charge is 2.23. The summed E-state index contributed by atoms with van der Waals surface area (Å²) in [4.78, 5) is 4.65. The Labute approximate surface area is 199 Å². The number of rotatable bonds is 10. The molecular formula is C24H33N7O3. The van der Waals surface area contributed by atoms with E-state index in [4.69, 9.17) is 20.1 Å². The first kappa shape index (κ1) is 23.9. The molecule has 4 rings (SSSR count). The number of hydrogen-bond acceptors (Lipinski definition) is 9. The van der Waals surface area contributed by atoms with Crippen molar-refractivity contribution >= 4 is 22.8 Å². The molecule has 1 aromatic carbocycles. The first-order valence-electron chi connectivity index (χ1n) is 11.7. The lowest BCUT2D eigenvalue weighted by Gasteiger charge is -2.29. The molecule has 0 radical (unpaired) electrons. The zero-order chi connectivity index (χ0) is 24.1. The predicted molar refractivity (Wildman–Crippen MR) is 131 cm³/mol. The lowest BCUT2D eigenvalue weighted by atomic mass is 9.93. The Kier molecular flexibility index (Phi) is 7.59. The molecule has 0 aliphatic heterocycles. The maximum absolute atomic E-state index is 8.94. The molecule has 4 N–H and O–H groups in total. The maximum atomic E-state index is 8.94. The van der Waals surface area contributed by atoms with Gasteiger partial charge >= 0.3 is 0 Å². The molecule has 2 heterocycles. The number of ether oxygens (including phenoxy) is 2. The first-order valence-corrected chi connectivity index (χ1v) is 11.7. The monoisotopic (exact) mass is 467 g/mol. The summed E-state index contributed by atoms with van der Waals surface area (Å²) >= 11 is 0. The van der Waals surface area contributed by atoms with Gasteiger partial charge in [-0.2, -0.15) is 10.1 Å². The van der Waals surface area contributed by atoms with Crippen LogP contribution in [0.5, 0.6) is 5.88 Å². The molecule has 0 unspecified atom stereocenters. The van der Waals surface area contributed by atoms with Crippen molar-refractivity contribution in [1.29, 1.82) is 5.53 Å². The summed E-state index contributed by atoms with van der Waals surface area (Å²) in [5.74, 6) is 1.02. The molecule has 0 spiro atoms. The summed E-state index contributed by atoms with van der Waals surface area (Å²) in [7, 11) is 1.61. The second kappa shape index (κ2) is 10.8. The fraction of sp³-hybridized carbons (Fsp3) is 0.500. The number of hydrogen-bond donors (Lipinski definition) is 4. The van der Waals surface area contributed by atoms with Crippen LogP contribution >= 0.6 is 0 Å². The second-order valence-electron chi connectivity index (χ2n) is 8.82. The predicted octanol–water partition coefficient (Wildman–Crippen LogP) is 4.62. The third kappa shape index (κ3) is 5.28. The van der Waals surface area contributed by atoms with Crippen molar-refractivity contribution in [1.82, 2.24) is 14.6 Å². The van der Waals surface area contributed by atoms with Crippen LogP contribution in [0.15, 0.2) is 35.6 Å². The zero-order valence-corrected chi connectivity index (χ0v) is 19.9. The Bertz CT molecular complexity index is 1120. The van der Waals surface area contributed by atoms with Gasteiger partial charge in [0, 0.05) is 23.8 Å². The minimum atomic E-state index is 0.0595.